The predicted octanol–water partition coefficient (Wildman–Crippen LogP) is 2.89. The highest BCUT2D eigenvalue weighted by atomic mass is 15.3. The minimum absolute atomic E-state index is 0.563. The van der Waals surface area contributed by atoms with Crippen molar-refractivity contribution in [3.05, 3.63) is 47.9 Å². The fourth-order valence-corrected chi connectivity index (χ4v) is 2.29. The van der Waals surface area contributed by atoms with Gasteiger partial charge in [0.2, 0.25) is 0 Å². The summed E-state index contributed by atoms with van der Waals surface area (Å²) in [6.07, 6.45) is 3.58. The lowest BCUT2D eigenvalue weighted by Crippen LogP contribution is -2.01. The average Bonchev–Trinajstić information content (AvgIpc) is 2.73. The molecular weight excluding hydrogens is 250 g/mol. The summed E-state index contributed by atoms with van der Waals surface area (Å²) in [6, 6.07) is 10.1. The molecular formula is C15H13N5. The van der Waals surface area contributed by atoms with E-state index in [1.807, 2.05) is 44.4 Å². The minimum Gasteiger partial charge on any atom is -0.339 e. The molecule has 3 rings (SSSR count). The lowest BCUT2D eigenvalue weighted by molar-refractivity contribution is 0.765. The number of rotatable bonds is 2. The van der Waals surface area contributed by atoms with Crippen molar-refractivity contribution in [1.82, 2.24) is 14.8 Å². The third kappa shape index (κ3) is 1.88. The van der Waals surface area contributed by atoms with Crippen LogP contribution in [0, 0.1) is 18.3 Å². The number of nitriles is 1. The number of hydrogen-bond acceptors (Lipinski definition) is 4. The van der Waals surface area contributed by atoms with Crippen LogP contribution in [-0.2, 0) is 7.05 Å². The number of pyridine rings is 1. The first-order valence-electron chi connectivity index (χ1n) is 6.24. The van der Waals surface area contributed by atoms with Gasteiger partial charge >= 0.3 is 0 Å². The Labute approximate surface area is 116 Å². The molecule has 0 saturated heterocycles. The normalized spacial score (nSPS) is 10.4. The van der Waals surface area contributed by atoms with E-state index in [-0.39, 0.29) is 0 Å². The number of aryl methyl sites for hydroxylation is 2. The second-order valence-corrected chi connectivity index (χ2v) is 4.57. The van der Waals surface area contributed by atoms with Crippen LogP contribution in [0.15, 0.2) is 36.7 Å². The van der Waals surface area contributed by atoms with Gasteiger partial charge in [-0.2, -0.15) is 10.4 Å². The molecule has 20 heavy (non-hydrogen) atoms. The van der Waals surface area contributed by atoms with Crippen LogP contribution < -0.4 is 5.32 Å². The lowest BCUT2D eigenvalue weighted by atomic mass is 10.1. The first-order valence-corrected chi connectivity index (χ1v) is 6.24. The molecule has 0 fully saturated rings. The molecule has 0 amide bonds. The van der Waals surface area contributed by atoms with Crippen LogP contribution in [0.3, 0.4) is 0 Å². The summed E-state index contributed by atoms with van der Waals surface area (Å²) in [4.78, 5) is 4.16. The van der Waals surface area contributed by atoms with Crippen molar-refractivity contribution in [2.45, 2.75) is 6.92 Å². The van der Waals surface area contributed by atoms with Crippen molar-refractivity contribution in [2.24, 2.45) is 7.05 Å². The largest absolute Gasteiger partial charge is 0.339 e. The molecule has 2 aromatic heterocycles. The molecule has 0 bridgehead atoms. The average molecular weight is 263 g/mol. The summed E-state index contributed by atoms with van der Waals surface area (Å²) in [6.45, 7) is 1.83. The molecule has 2 heterocycles. The standard InChI is InChI=1S/C15H13N5/c1-10-12(8-16)15(20(2)19-10)18-14-5-3-4-11-6-7-17-9-13(11)14/h3-7,9,18H,1-2H3. The molecule has 0 aliphatic heterocycles. The first-order chi connectivity index (χ1) is 9.70. The maximum Gasteiger partial charge on any atom is 0.146 e. The zero-order chi connectivity index (χ0) is 14.1. The number of hydrogen-bond donors (Lipinski definition) is 1. The predicted molar refractivity (Wildman–Crippen MR) is 77.7 cm³/mol. The molecule has 0 atom stereocenters. The molecule has 0 saturated carbocycles. The topological polar surface area (TPSA) is 66.5 Å². The number of anilines is 2. The molecule has 3 aromatic rings. The van der Waals surface area contributed by atoms with Crippen LogP contribution in [0.25, 0.3) is 10.8 Å². The maximum absolute atomic E-state index is 9.25. The van der Waals surface area contributed by atoms with Gasteiger partial charge in [-0.3, -0.25) is 9.67 Å². The minimum atomic E-state index is 0.563. The lowest BCUT2D eigenvalue weighted by Gasteiger charge is -2.10. The molecule has 0 unspecified atom stereocenters. The molecule has 0 aliphatic rings. The number of nitrogens with one attached hydrogen (secondary N) is 1. The zero-order valence-corrected chi connectivity index (χ0v) is 11.3. The van der Waals surface area contributed by atoms with Gasteiger partial charge in [-0.1, -0.05) is 12.1 Å². The van der Waals surface area contributed by atoms with Gasteiger partial charge in [0, 0.05) is 30.5 Å². The molecule has 0 aliphatic carbocycles. The van der Waals surface area contributed by atoms with Crippen LogP contribution in [0.4, 0.5) is 11.5 Å². The Morgan fingerprint density at radius 3 is 2.95 bits per heavy atom. The van der Waals surface area contributed by atoms with Gasteiger partial charge in [-0.25, -0.2) is 0 Å². The van der Waals surface area contributed by atoms with Gasteiger partial charge in [-0.15, -0.1) is 0 Å². The van der Waals surface area contributed by atoms with Crippen molar-refractivity contribution in [3.8, 4) is 6.07 Å². The van der Waals surface area contributed by atoms with E-state index >= 15 is 0 Å². The van der Waals surface area contributed by atoms with E-state index in [4.69, 9.17) is 0 Å². The third-order valence-corrected chi connectivity index (χ3v) is 3.27. The van der Waals surface area contributed by atoms with Crippen molar-refractivity contribution >= 4 is 22.3 Å². The number of benzene rings is 1. The summed E-state index contributed by atoms with van der Waals surface area (Å²) in [5.74, 6) is 0.696. The molecule has 5 nitrogen and oxygen atoms in total. The fourth-order valence-electron chi connectivity index (χ4n) is 2.29. The van der Waals surface area contributed by atoms with Gasteiger partial charge in [0.15, 0.2) is 0 Å². The van der Waals surface area contributed by atoms with Crippen molar-refractivity contribution < 1.29 is 0 Å². The van der Waals surface area contributed by atoms with E-state index in [1.54, 1.807) is 10.9 Å². The van der Waals surface area contributed by atoms with Gasteiger partial charge in [0.1, 0.15) is 17.5 Å². The highest BCUT2D eigenvalue weighted by Gasteiger charge is 2.13. The third-order valence-electron chi connectivity index (χ3n) is 3.27. The second kappa shape index (κ2) is 4.67. The van der Waals surface area contributed by atoms with E-state index in [0.29, 0.717) is 11.4 Å². The summed E-state index contributed by atoms with van der Waals surface area (Å²) >= 11 is 0. The zero-order valence-electron chi connectivity index (χ0n) is 11.3. The molecule has 0 radical (unpaired) electrons. The van der Waals surface area contributed by atoms with Crippen molar-refractivity contribution in [1.29, 1.82) is 5.26 Å². The second-order valence-electron chi connectivity index (χ2n) is 4.57. The Balaban J connectivity index is 2.13. The van der Waals surface area contributed by atoms with Gasteiger partial charge < -0.3 is 5.32 Å². The fraction of sp³-hybridized carbons (Fsp3) is 0.133. The summed E-state index contributed by atoms with van der Waals surface area (Å²) in [5.41, 5.74) is 2.19. The molecule has 98 valence electrons. The number of fused-ring (bicyclic) bond motifs is 1. The smallest absolute Gasteiger partial charge is 0.146 e. The Morgan fingerprint density at radius 1 is 1.30 bits per heavy atom. The van der Waals surface area contributed by atoms with E-state index in [2.05, 4.69) is 21.5 Å². The number of nitrogens with zero attached hydrogens (tertiary/aromatic N) is 4. The van der Waals surface area contributed by atoms with E-state index < -0.39 is 0 Å². The Morgan fingerprint density at radius 2 is 2.15 bits per heavy atom. The summed E-state index contributed by atoms with van der Waals surface area (Å²) in [7, 11) is 1.82. The SMILES string of the molecule is Cc1nn(C)c(Nc2cccc3ccncc23)c1C#N. The van der Waals surface area contributed by atoms with Crippen LogP contribution >= 0.6 is 0 Å². The van der Waals surface area contributed by atoms with Crippen molar-refractivity contribution in [3.63, 3.8) is 0 Å². The molecule has 0 spiro atoms. The molecule has 5 heteroatoms. The quantitative estimate of drug-likeness (QED) is 0.772. The van der Waals surface area contributed by atoms with Gasteiger partial charge in [-0.05, 0) is 24.4 Å². The van der Waals surface area contributed by atoms with E-state index in [1.165, 1.54) is 0 Å². The van der Waals surface area contributed by atoms with Crippen LogP contribution in [0.5, 0.6) is 0 Å². The maximum atomic E-state index is 9.25. The number of aromatic nitrogens is 3. The van der Waals surface area contributed by atoms with Crippen LogP contribution in [0.2, 0.25) is 0 Å². The van der Waals surface area contributed by atoms with Crippen LogP contribution in [0.1, 0.15) is 11.3 Å². The first kappa shape index (κ1) is 12.2. The summed E-state index contributed by atoms with van der Waals surface area (Å²) in [5, 5.41) is 18.9. The van der Waals surface area contributed by atoms with Crippen molar-refractivity contribution in [2.75, 3.05) is 5.32 Å². The van der Waals surface area contributed by atoms with Crippen LogP contribution in [-0.4, -0.2) is 14.8 Å². The highest BCUT2D eigenvalue weighted by molar-refractivity contribution is 5.94. The van der Waals surface area contributed by atoms with Gasteiger partial charge in [0.05, 0.1) is 5.69 Å². The Kier molecular flexibility index (Phi) is 2.84. The van der Waals surface area contributed by atoms with Gasteiger partial charge in [0.25, 0.3) is 0 Å². The Hall–Kier alpha value is -2.87. The Bertz CT molecular complexity index is 821. The van der Waals surface area contributed by atoms with E-state index in [0.717, 1.165) is 22.2 Å². The monoisotopic (exact) mass is 263 g/mol. The molecule has 1 N–H and O–H groups in total. The van der Waals surface area contributed by atoms with E-state index in [9.17, 15) is 5.26 Å². The molecule has 1 aromatic carbocycles. The highest BCUT2D eigenvalue weighted by Crippen LogP contribution is 2.27. The summed E-state index contributed by atoms with van der Waals surface area (Å²) < 4.78 is 1.68.